The van der Waals surface area contributed by atoms with E-state index < -0.39 is 11.2 Å². The molecule has 2 aliphatic rings. The molecule has 5 atom stereocenters. The van der Waals surface area contributed by atoms with Crippen LogP contribution in [0.4, 0.5) is 0 Å². The Hall–Kier alpha value is -1.22. The molecule has 0 aliphatic carbocycles. The minimum atomic E-state index is -1.06. The minimum absolute atomic E-state index is 0.136. The fourth-order valence-electron chi connectivity index (χ4n) is 6.53. The highest BCUT2D eigenvalue weighted by atomic mass is 16.7. The molecule has 0 aromatic rings. The van der Waals surface area contributed by atoms with Crippen molar-refractivity contribution >= 4 is 11.8 Å². The zero-order chi connectivity index (χ0) is 31.7. The number of hydroxylamine groups is 4. The number of piperidine rings is 2. The summed E-state index contributed by atoms with van der Waals surface area (Å²) >= 11 is 0. The number of rotatable bonds is 12. The van der Waals surface area contributed by atoms with E-state index >= 15 is 0 Å². The van der Waals surface area contributed by atoms with E-state index in [1.165, 1.54) is 0 Å². The normalized spacial score (nSPS) is 33.4. The van der Waals surface area contributed by atoms with Crippen LogP contribution in [0.3, 0.4) is 0 Å². The lowest BCUT2D eigenvalue weighted by atomic mass is 9.71. The van der Waals surface area contributed by atoms with E-state index in [1.807, 2.05) is 27.7 Å². The zero-order valence-corrected chi connectivity index (χ0v) is 29.0. The largest absolute Gasteiger partial charge is 0.352 e. The molecule has 2 heterocycles. The summed E-state index contributed by atoms with van der Waals surface area (Å²) in [5, 5.41) is 10.2. The van der Waals surface area contributed by atoms with Crippen molar-refractivity contribution in [3.63, 3.8) is 0 Å². The Labute approximate surface area is 251 Å². The summed E-state index contributed by atoms with van der Waals surface area (Å²) in [6.45, 7) is 30.1. The minimum Gasteiger partial charge on any atom is -0.352 e. The first-order chi connectivity index (χ1) is 18.7. The Morgan fingerprint density at radius 3 is 1.51 bits per heavy atom. The molecule has 2 aliphatic heterocycles. The van der Waals surface area contributed by atoms with Gasteiger partial charge in [-0.3, -0.25) is 19.3 Å². The van der Waals surface area contributed by atoms with Gasteiger partial charge in [-0.15, -0.1) is 0 Å². The van der Waals surface area contributed by atoms with Gasteiger partial charge >= 0.3 is 0 Å². The number of amides is 2. The zero-order valence-electron chi connectivity index (χ0n) is 29.0. The van der Waals surface area contributed by atoms with Crippen molar-refractivity contribution in [1.82, 2.24) is 20.8 Å². The number of hydrogen-bond acceptors (Lipinski definition) is 6. The van der Waals surface area contributed by atoms with Gasteiger partial charge in [-0.05, 0) is 119 Å². The van der Waals surface area contributed by atoms with Crippen LogP contribution in [0.25, 0.3) is 0 Å². The van der Waals surface area contributed by atoms with E-state index in [1.54, 1.807) is 0 Å². The number of nitrogens with one attached hydrogen (secondary N) is 2. The monoisotopic (exact) mass is 580 g/mol. The van der Waals surface area contributed by atoms with Crippen LogP contribution in [-0.2, 0) is 19.3 Å². The molecule has 2 saturated heterocycles. The lowest BCUT2D eigenvalue weighted by molar-refractivity contribution is -0.338. The Kier molecular flexibility index (Phi) is 11.2. The van der Waals surface area contributed by atoms with Crippen molar-refractivity contribution < 1.29 is 19.3 Å². The van der Waals surface area contributed by atoms with E-state index in [9.17, 15) is 9.59 Å². The van der Waals surface area contributed by atoms with Crippen LogP contribution in [0.2, 0.25) is 0 Å². The van der Waals surface area contributed by atoms with Crippen LogP contribution in [0.5, 0.6) is 0 Å². The van der Waals surface area contributed by atoms with Crippen molar-refractivity contribution in [2.45, 2.75) is 175 Å². The quantitative estimate of drug-likeness (QED) is 0.260. The molecular formula is C33H64N4O4. The van der Waals surface area contributed by atoms with Gasteiger partial charge in [0.05, 0.1) is 0 Å². The van der Waals surface area contributed by atoms with Gasteiger partial charge in [0.1, 0.15) is 0 Å². The number of carbonyl (C=O) groups is 2. The maximum atomic E-state index is 13.3. The first kappa shape index (κ1) is 36.0. The Morgan fingerprint density at radius 1 is 0.707 bits per heavy atom. The highest BCUT2D eigenvalue weighted by molar-refractivity contribution is 5.85. The van der Waals surface area contributed by atoms with Gasteiger partial charge < -0.3 is 10.6 Å². The summed E-state index contributed by atoms with van der Waals surface area (Å²) in [7, 11) is 0. The number of nitrogens with zero attached hydrogens (tertiary/aromatic N) is 2. The Morgan fingerprint density at radius 2 is 1.10 bits per heavy atom. The van der Waals surface area contributed by atoms with Crippen molar-refractivity contribution in [3.8, 4) is 0 Å². The van der Waals surface area contributed by atoms with Crippen molar-refractivity contribution in [1.29, 1.82) is 0 Å². The fourth-order valence-corrected chi connectivity index (χ4v) is 6.53. The third-order valence-corrected chi connectivity index (χ3v) is 11.1. The van der Waals surface area contributed by atoms with Gasteiger partial charge in [-0.1, -0.05) is 34.6 Å². The third kappa shape index (κ3) is 7.30. The van der Waals surface area contributed by atoms with E-state index in [0.29, 0.717) is 24.9 Å². The predicted octanol–water partition coefficient (Wildman–Crippen LogP) is 6.39. The molecule has 2 amide bonds. The Balaban J connectivity index is 2.00. The second-order valence-electron chi connectivity index (χ2n) is 15.2. The second kappa shape index (κ2) is 12.8. The topological polar surface area (TPSA) is 83.1 Å². The molecule has 0 radical (unpaired) electrons. The first-order valence-electron chi connectivity index (χ1n) is 16.2. The molecule has 8 nitrogen and oxygen atoms in total. The van der Waals surface area contributed by atoms with Gasteiger partial charge in [0.2, 0.25) is 0 Å². The van der Waals surface area contributed by atoms with E-state index in [0.717, 1.165) is 44.9 Å². The maximum Gasteiger partial charge on any atom is 0.253 e. The standard InChI is InChI=1S/C33H64N4O4/c1-15-31(12)20-18-24(4)28(6,7)36(31)40-29(8,9)26(38)34-22-23-35-27(39)30(10,11)41-37-32(13,16-2)21-19-25(5)33(37,14)17-3/h24-25H,15-23H2,1-14H3,(H,34,38)(H,35,39). The van der Waals surface area contributed by atoms with Crippen molar-refractivity contribution in [2.75, 3.05) is 13.1 Å². The molecule has 0 saturated carbocycles. The summed E-state index contributed by atoms with van der Waals surface area (Å²) in [5.41, 5.74) is -2.75. The molecule has 2 N–H and O–H groups in total. The number of hydrogen-bond donors (Lipinski definition) is 2. The van der Waals surface area contributed by atoms with Gasteiger partial charge in [0.25, 0.3) is 11.8 Å². The van der Waals surface area contributed by atoms with Gasteiger partial charge in [-0.2, -0.15) is 10.1 Å². The summed E-state index contributed by atoms with van der Waals surface area (Å²) in [6.07, 6.45) is 7.17. The third-order valence-electron chi connectivity index (χ3n) is 11.1. The smallest absolute Gasteiger partial charge is 0.253 e. The SMILES string of the molecule is CCC1(C)CCC(C)C(C)(C)N1OC(C)(C)C(=O)NCCNC(=O)C(C)(C)ON1C(C)(CC)CCC(C)C1(C)CC. The molecule has 41 heavy (non-hydrogen) atoms. The predicted molar refractivity (Wildman–Crippen MR) is 167 cm³/mol. The molecule has 0 bridgehead atoms. The van der Waals surface area contributed by atoms with E-state index in [-0.39, 0.29) is 34.0 Å². The van der Waals surface area contributed by atoms with Crippen molar-refractivity contribution in [2.24, 2.45) is 11.8 Å². The van der Waals surface area contributed by atoms with Crippen LogP contribution in [0.1, 0.15) is 142 Å². The van der Waals surface area contributed by atoms with Crippen LogP contribution >= 0.6 is 0 Å². The number of carbonyl (C=O) groups excluding carboxylic acids is 2. The highest BCUT2D eigenvalue weighted by Gasteiger charge is 2.53. The molecule has 2 fully saturated rings. The summed E-state index contributed by atoms with van der Waals surface area (Å²) in [4.78, 5) is 39.7. The molecule has 0 spiro atoms. The molecule has 240 valence electrons. The second-order valence-corrected chi connectivity index (χ2v) is 15.2. The maximum absolute atomic E-state index is 13.3. The molecule has 0 aromatic carbocycles. The lowest BCUT2D eigenvalue weighted by Gasteiger charge is -2.58. The summed E-state index contributed by atoms with van der Waals surface area (Å²) in [6, 6.07) is 0. The molecule has 5 unspecified atom stereocenters. The van der Waals surface area contributed by atoms with Gasteiger partial charge in [0, 0.05) is 35.2 Å². The Bertz CT molecular complexity index is 916. The van der Waals surface area contributed by atoms with Gasteiger partial charge in [-0.25, -0.2) is 0 Å². The molecule has 8 heteroatoms. The average molecular weight is 581 g/mol. The summed E-state index contributed by atoms with van der Waals surface area (Å²) in [5.74, 6) is 0.510. The molecule has 0 aromatic heterocycles. The van der Waals surface area contributed by atoms with Crippen LogP contribution in [0.15, 0.2) is 0 Å². The molecular weight excluding hydrogens is 516 g/mol. The average Bonchev–Trinajstić information content (AvgIpc) is 2.91. The highest BCUT2D eigenvalue weighted by Crippen LogP contribution is 2.47. The summed E-state index contributed by atoms with van der Waals surface area (Å²) < 4.78 is 0. The fraction of sp³-hybridized carbons (Fsp3) is 0.939. The van der Waals surface area contributed by atoms with E-state index in [2.05, 4.69) is 90.0 Å². The lowest BCUT2D eigenvalue weighted by Crippen LogP contribution is -2.66. The van der Waals surface area contributed by atoms with Crippen LogP contribution < -0.4 is 10.6 Å². The van der Waals surface area contributed by atoms with Gasteiger partial charge in [0.15, 0.2) is 11.2 Å². The van der Waals surface area contributed by atoms with Crippen molar-refractivity contribution in [3.05, 3.63) is 0 Å². The van der Waals surface area contributed by atoms with E-state index in [4.69, 9.17) is 9.68 Å². The first-order valence-corrected chi connectivity index (χ1v) is 16.2. The molecule has 2 rings (SSSR count). The van der Waals surface area contributed by atoms with Crippen LogP contribution in [-0.4, -0.2) is 68.4 Å². The van der Waals surface area contributed by atoms with Crippen LogP contribution in [0, 0.1) is 11.8 Å².